The molecule has 0 amide bonds. The van der Waals surface area contributed by atoms with Crippen molar-refractivity contribution < 1.29 is 0 Å². The van der Waals surface area contributed by atoms with Crippen molar-refractivity contribution in [2.45, 2.75) is 0 Å². The van der Waals surface area contributed by atoms with Gasteiger partial charge >= 0.3 is 0 Å². The van der Waals surface area contributed by atoms with E-state index in [1.54, 1.807) is 18.2 Å². The van der Waals surface area contributed by atoms with Gasteiger partial charge in [-0.2, -0.15) is 5.26 Å². The maximum atomic E-state index is 8.86. The predicted octanol–water partition coefficient (Wildman–Crippen LogP) is 3.54. The molecule has 0 spiro atoms. The molecule has 0 radical (unpaired) electrons. The van der Waals surface area contributed by atoms with E-state index in [-0.39, 0.29) is 5.69 Å². The molecule has 18 heavy (non-hydrogen) atoms. The van der Waals surface area contributed by atoms with Gasteiger partial charge in [0.1, 0.15) is 11.9 Å². The lowest BCUT2D eigenvalue weighted by molar-refractivity contribution is 1.26. The van der Waals surface area contributed by atoms with Gasteiger partial charge in [0.25, 0.3) is 0 Å². The summed E-state index contributed by atoms with van der Waals surface area (Å²) in [5.41, 5.74) is 6.90. The predicted molar refractivity (Wildman–Crippen MR) is 80.8 cm³/mol. The van der Waals surface area contributed by atoms with Crippen LogP contribution in [-0.2, 0) is 0 Å². The molecule has 0 aliphatic rings. The standard InChI is InChI=1S/C12H8ClIN4/c13-8-2-1-7(14)5-10(8)17-12-4-3-9(16)11(6-15)18-12/h1-5H,16H2,(H,17,18). The summed E-state index contributed by atoms with van der Waals surface area (Å²) in [6.45, 7) is 0. The van der Waals surface area contributed by atoms with Crippen molar-refractivity contribution >= 4 is 51.4 Å². The van der Waals surface area contributed by atoms with Crippen LogP contribution >= 0.6 is 34.2 Å². The summed E-state index contributed by atoms with van der Waals surface area (Å²) in [4.78, 5) is 4.10. The van der Waals surface area contributed by atoms with Crippen LogP contribution in [0.15, 0.2) is 30.3 Å². The van der Waals surface area contributed by atoms with Crippen LogP contribution in [-0.4, -0.2) is 4.98 Å². The third-order valence-corrected chi connectivity index (χ3v) is 3.22. The van der Waals surface area contributed by atoms with Crippen LogP contribution in [0.25, 0.3) is 0 Å². The van der Waals surface area contributed by atoms with Crippen molar-refractivity contribution in [1.82, 2.24) is 4.98 Å². The molecule has 0 atom stereocenters. The number of nitrogens with zero attached hydrogens (tertiary/aromatic N) is 2. The van der Waals surface area contributed by atoms with E-state index in [2.05, 4.69) is 32.9 Å². The summed E-state index contributed by atoms with van der Waals surface area (Å²) in [5, 5.41) is 12.5. The van der Waals surface area contributed by atoms with E-state index < -0.39 is 0 Å². The number of aromatic nitrogens is 1. The largest absolute Gasteiger partial charge is 0.396 e. The SMILES string of the molecule is N#Cc1nc(Nc2cc(I)ccc2Cl)ccc1N. The molecule has 0 saturated heterocycles. The number of nitrogens with two attached hydrogens (primary N) is 1. The third-order valence-electron chi connectivity index (χ3n) is 2.22. The average molecular weight is 371 g/mol. The van der Waals surface area contributed by atoms with Gasteiger partial charge in [0.2, 0.25) is 0 Å². The Morgan fingerprint density at radius 3 is 2.83 bits per heavy atom. The average Bonchev–Trinajstić information content (AvgIpc) is 2.36. The maximum absolute atomic E-state index is 8.86. The normalized spacial score (nSPS) is 9.83. The molecule has 0 unspecified atom stereocenters. The summed E-state index contributed by atoms with van der Waals surface area (Å²) < 4.78 is 1.05. The smallest absolute Gasteiger partial charge is 0.165 e. The van der Waals surface area contributed by atoms with E-state index in [4.69, 9.17) is 22.6 Å². The molecule has 0 fully saturated rings. The minimum Gasteiger partial charge on any atom is -0.396 e. The summed E-state index contributed by atoms with van der Waals surface area (Å²) in [7, 11) is 0. The number of benzene rings is 1. The molecule has 6 heteroatoms. The van der Waals surface area contributed by atoms with Gasteiger partial charge in [0.15, 0.2) is 5.69 Å². The molecule has 2 aromatic rings. The van der Waals surface area contributed by atoms with Crippen molar-refractivity contribution in [3.8, 4) is 6.07 Å². The van der Waals surface area contributed by atoms with Crippen LogP contribution in [0.2, 0.25) is 5.02 Å². The molecule has 0 aliphatic heterocycles. The number of hydrogen-bond donors (Lipinski definition) is 2. The van der Waals surface area contributed by atoms with Crippen molar-refractivity contribution in [1.29, 1.82) is 5.26 Å². The zero-order chi connectivity index (χ0) is 13.1. The summed E-state index contributed by atoms with van der Waals surface area (Å²) >= 11 is 8.26. The first-order valence-electron chi connectivity index (χ1n) is 4.99. The third kappa shape index (κ3) is 2.83. The summed E-state index contributed by atoms with van der Waals surface area (Å²) in [6.07, 6.45) is 0. The van der Waals surface area contributed by atoms with Gasteiger partial charge in [-0.15, -0.1) is 0 Å². The highest BCUT2D eigenvalue weighted by Gasteiger charge is 2.05. The lowest BCUT2D eigenvalue weighted by Crippen LogP contribution is -1.99. The number of nitriles is 1. The molecule has 4 nitrogen and oxygen atoms in total. The van der Waals surface area contributed by atoms with Crippen molar-refractivity contribution in [2.75, 3.05) is 11.1 Å². The number of hydrogen-bond acceptors (Lipinski definition) is 4. The van der Waals surface area contributed by atoms with Crippen LogP contribution in [0.1, 0.15) is 5.69 Å². The quantitative estimate of drug-likeness (QED) is 0.793. The second-order valence-corrected chi connectivity index (χ2v) is 5.15. The van der Waals surface area contributed by atoms with Gasteiger partial charge in [0, 0.05) is 3.57 Å². The number of rotatable bonds is 2. The Balaban J connectivity index is 2.34. The Kier molecular flexibility index (Phi) is 3.89. The zero-order valence-electron chi connectivity index (χ0n) is 9.11. The van der Waals surface area contributed by atoms with Crippen LogP contribution < -0.4 is 11.1 Å². The molecule has 0 bridgehead atoms. The van der Waals surface area contributed by atoms with E-state index in [0.717, 1.165) is 9.26 Å². The van der Waals surface area contributed by atoms with Crippen LogP contribution in [0.4, 0.5) is 17.2 Å². The summed E-state index contributed by atoms with van der Waals surface area (Å²) in [6, 6.07) is 10.9. The van der Waals surface area contributed by atoms with Crippen LogP contribution in [0, 0.1) is 14.9 Å². The Hall–Kier alpha value is -1.52. The Bertz CT molecular complexity index is 636. The highest BCUT2D eigenvalue weighted by molar-refractivity contribution is 14.1. The first-order valence-corrected chi connectivity index (χ1v) is 6.44. The molecular weight excluding hydrogens is 363 g/mol. The van der Waals surface area contributed by atoms with E-state index in [0.29, 0.717) is 16.5 Å². The number of pyridine rings is 1. The topological polar surface area (TPSA) is 74.7 Å². The zero-order valence-corrected chi connectivity index (χ0v) is 12.0. The molecule has 1 heterocycles. The fourth-order valence-electron chi connectivity index (χ4n) is 1.36. The summed E-state index contributed by atoms with van der Waals surface area (Å²) in [5.74, 6) is 0.532. The second-order valence-electron chi connectivity index (χ2n) is 3.50. The monoisotopic (exact) mass is 370 g/mol. The molecule has 1 aromatic heterocycles. The van der Waals surface area contributed by atoms with Crippen LogP contribution in [0.3, 0.4) is 0 Å². The molecule has 2 rings (SSSR count). The second kappa shape index (κ2) is 5.42. The number of nitrogens with one attached hydrogen (secondary N) is 1. The Morgan fingerprint density at radius 2 is 2.11 bits per heavy atom. The molecular formula is C12H8ClIN4. The molecule has 90 valence electrons. The van der Waals surface area contributed by atoms with Gasteiger partial charge in [-0.25, -0.2) is 4.98 Å². The van der Waals surface area contributed by atoms with Gasteiger partial charge < -0.3 is 11.1 Å². The first kappa shape index (κ1) is 12.9. The highest BCUT2D eigenvalue weighted by Crippen LogP contribution is 2.27. The van der Waals surface area contributed by atoms with Crippen LogP contribution in [0.5, 0.6) is 0 Å². The lowest BCUT2D eigenvalue weighted by Gasteiger charge is -2.08. The van der Waals surface area contributed by atoms with Gasteiger partial charge in [-0.3, -0.25) is 0 Å². The van der Waals surface area contributed by atoms with Crippen molar-refractivity contribution in [3.63, 3.8) is 0 Å². The van der Waals surface area contributed by atoms with E-state index in [1.807, 2.05) is 18.2 Å². The maximum Gasteiger partial charge on any atom is 0.165 e. The molecule has 3 N–H and O–H groups in total. The number of anilines is 3. The Labute approximate surface area is 123 Å². The Morgan fingerprint density at radius 1 is 1.33 bits per heavy atom. The number of nitrogen functional groups attached to an aromatic ring is 1. The molecule has 0 saturated carbocycles. The van der Waals surface area contributed by atoms with E-state index >= 15 is 0 Å². The minimum atomic E-state index is 0.196. The highest BCUT2D eigenvalue weighted by atomic mass is 127. The molecule has 1 aromatic carbocycles. The fraction of sp³-hybridized carbons (Fsp3) is 0. The number of halogens is 2. The van der Waals surface area contributed by atoms with Gasteiger partial charge in [-0.1, -0.05) is 11.6 Å². The van der Waals surface area contributed by atoms with E-state index in [9.17, 15) is 0 Å². The first-order chi connectivity index (χ1) is 8.60. The van der Waals surface area contributed by atoms with E-state index in [1.165, 1.54) is 0 Å². The fourth-order valence-corrected chi connectivity index (χ4v) is 2.02. The van der Waals surface area contributed by atoms with Gasteiger partial charge in [-0.05, 0) is 52.9 Å². The van der Waals surface area contributed by atoms with Gasteiger partial charge in [0.05, 0.1) is 16.4 Å². The lowest BCUT2D eigenvalue weighted by atomic mass is 10.3. The van der Waals surface area contributed by atoms with Crippen molar-refractivity contribution in [3.05, 3.63) is 44.6 Å². The minimum absolute atomic E-state index is 0.196. The van der Waals surface area contributed by atoms with Crippen molar-refractivity contribution in [2.24, 2.45) is 0 Å². The molecule has 0 aliphatic carbocycles.